The van der Waals surface area contributed by atoms with Crippen LogP contribution in [0.1, 0.15) is 6.92 Å². The van der Waals surface area contributed by atoms with Gasteiger partial charge < -0.3 is 14.4 Å². The lowest BCUT2D eigenvalue weighted by atomic mass is 10.1. The highest BCUT2D eigenvalue weighted by atomic mass is 32.1. The van der Waals surface area contributed by atoms with E-state index in [4.69, 9.17) is 9.47 Å². The van der Waals surface area contributed by atoms with Crippen LogP contribution < -0.4 is 15.0 Å². The van der Waals surface area contributed by atoms with Gasteiger partial charge in [0.25, 0.3) is 11.8 Å². The highest BCUT2D eigenvalue weighted by molar-refractivity contribution is 7.14. The first-order valence-electron chi connectivity index (χ1n) is 7.44. The fraction of sp³-hybridized carbons (Fsp3) is 0.312. The summed E-state index contributed by atoms with van der Waals surface area (Å²) in [6.45, 7) is 2.55. The SMILES string of the molecule is CCN1C(=O)COc2ccc(-c3csc(NC(=O)COC)n3)cc21. The maximum absolute atomic E-state index is 12.0. The molecule has 0 radical (unpaired) electrons. The van der Waals surface area contributed by atoms with Crippen molar-refractivity contribution in [2.75, 3.05) is 37.1 Å². The first kappa shape index (κ1) is 16.4. The third-order valence-electron chi connectivity index (χ3n) is 3.54. The number of aromatic nitrogens is 1. The number of nitrogens with zero attached hydrogens (tertiary/aromatic N) is 2. The predicted molar refractivity (Wildman–Crippen MR) is 91.6 cm³/mol. The van der Waals surface area contributed by atoms with Crippen LogP contribution in [0.25, 0.3) is 11.3 Å². The number of amides is 2. The van der Waals surface area contributed by atoms with E-state index in [1.54, 1.807) is 4.90 Å². The van der Waals surface area contributed by atoms with Crippen LogP contribution in [0.2, 0.25) is 0 Å². The van der Waals surface area contributed by atoms with E-state index in [1.807, 2.05) is 30.5 Å². The number of methoxy groups -OCH3 is 1. The van der Waals surface area contributed by atoms with E-state index in [-0.39, 0.29) is 25.0 Å². The van der Waals surface area contributed by atoms with Crippen molar-refractivity contribution in [1.29, 1.82) is 0 Å². The molecule has 0 aliphatic carbocycles. The molecule has 0 atom stereocenters. The van der Waals surface area contributed by atoms with Gasteiger partial charge in [0.1, 0.15) is 12.4 Å². The molecular weight excluding hydrogens is 330 g/mol. The molecule has 0 saturated heterocycles. The molecule has 2 heterocycles. The van der Waals surface area contributed by atoms with Crippen LogP contribution in [0.3, 0.4) is 0 Å². The number of rotatable bonds is 5. The molecule has 2 aromatic rings. The van der Waals surface area contributed by atoms with Gasteiger partial charge >= 0.3 is 0 Å². The number of hydrogen-bond donors (Lipinski definition) is 1. The second kappa shape index (κ2) is 6.98. The van der Waals surface area contributed by atoms with Crippen LogP contribution >= 0.6 is 11.3 Å². The molecule has 0 fully saturated rings. The lowest BCUT2D eigenvalue weighted by molar-refractivity contribution is -0.121. The van der Waals surface area contributed by atoms with E-state index in [0.717, 1.165) is 16.9 Å². The Labute approximate surface area is 143 Å². The number of thiazole rings is 1. The molecule has 1 aliphatic rings. The normalized spacial score (nSPS) is 13.4. The molecule has 3 rings (SSSR count). The van der Waals surface area contributed by atoms with Crippen LogP contribution in [-0.4, -0.2) is 43.7 Å². The second-order valence-corrected chi connectivity index (χ2v) is 5.99. The number of benzene rings is 1. The monoisotopic (exact) mass is 347 g/mol. The van der Waals surface area contributed by atoms with Crippen LogP contribution in [0.4, 0.5) is 10.8 Å². The minimum atomic E-state index is -0.250. The van der Waals surface area contributed by atoms with Crippen molar-refractivity contribution in [3.63, 3.8) is 0 Å². The van der Waals surface area contributed by atoms with E-state index in [1.165, 1.54) is 18.4 Å². The highest BCUT2D eigenvalue weighted by Gasteiger charge is 2.24. The number of nitrogens with one attached hydrogen (secondary N) is 1. The van der Waals surface area contributed by atoms with Crippen LogP contribution in [-0.2, 0) is 14.3 Å². The Morgan fingerprint density at radius 3 is 3.08 bits per heavy atom. The predicted octanol–water partition coefficient (Wildman–Crippen LogP) is 2.14. The first-order chi connectivity index (χ1) is 11.6. The Balaban J connectivity index is 1.86. The fourth-order valence-electron chi connectivity index (χ4n) is 2.46. The highest BCUT2D eigenvalue weighted by Crippen LogP contribution is 2.36. The summed E-state index contributed by atoms with van der Waals surface area (Å²) in [7, 11) is 1.46. The zero-order valence-electron chi connectivity index (χ0n) is 13.4. The Morgan fingerprint density at radius 1 is 1.50 bits per heavy atom. The van der Waals surface area contributed by atoms with E-state index < -0.39 is 0 Å². The molecule has 126 valence electrons. The zero-order valence-corrected chi connectivity index (χ0v) is 14.2. The van der Waals surface area contributed by atoms with Gasteiger partial charge in [-0.2, -0.15) is 0 Å². The number of anilines is 2. The molecule has 0 unspecified atom stereocenters. The molecule has 1 aromatic carbocycles. The van der Waals surface area contributed by atoms with Crippen molar-refractivity contribution < 1.29 is 19.1 Å². The minimum absolute atomic E-state index is 0.0152. The summed E-state index contributed by atoms with van der Waals surface area (Å²) in [5.74, 6) is 0.372. The van der Waals surface area contributed by atoms with Gasteiger partial charge in [-0.3, -0.25) is 14.9 Å². The summed E-state index contributed by atoms with van der Waals surface area (Å²) in [4.78, 5) is 29.6. The van der Waals surface area contributed by atoms with Crippen LogP contribution in [0.5, 0.6) is 5.75 Å². The minimum Gasteiger partial charge on any atom is -0.482 e. The Kier molecular flexibility index (Phi) is 4.77. The Hall–Kier alpha value is -2.45. The van der Waals surface area contributed by atoms with Gasteiger partial charge in [0.2, 0.25) is 0 Å². The lowest BCUT2D eigenvalue weighted by Crippen LogP contribution is -2.38. The molecule has 24 heavy (non-hydrogen) atoms. The number of hydrogen-bond acceptors (Lipinski definition) is 6. The summed E-state index contributed by atoms with van der Waals surface area (Å²) in [6.07, 6.45) is 0. The number of ether oxygens (including phenoxy) is 2. The average Bonchev–Trinajstić information content (AvgIpc) is 3.03. The molecule has 1 N–H and O–H groups in total. The maximum Gasteiger partial charge on any atom is 0.265 e. The fourth-order valence-corrected chi connectivity index (χ4v) is 3.19. The van der Waals surface area contributed by atoms with Crippen molar-refractivity contribution in [2.24, 2.45) is 0 Å². The van der Waals surface area contributed by atoms with E-state index in [0.29, 0.717) is 17.4 Å². The Morgan fingerprint density at radius 2 is 2.33 bits per heavy atom. The van der Waals surface area contributed by atoms with E-state index in [9.17, 15) is 9.59 Å². The number of likely N-dealkylation sites (N-methyl/N-ethyl adjacent to an activating group) is 1. The quantitative estimate of drug-likeness (QED) is 0.896. The molecule has 0 bridgehead atoms. The largest absolute Gasteiger partial charge is 0.482 e. The molecular formula is C16H17N3O4S. The van der Waals surface area contributed by atoms with Crippen molar-refractivity contribution in [2.45, 2.75) is 6.92 Å². The van der Waals surface area contributed by atoms with Gasteiger partial charge in [0.05, 0.1) is 11.4 Å². The molecule has 1 aromatic heterocycles. The van der Waals surface area contributed by atoms with E-state index >= 15 is 0 Å². The summed E-state index contributed by atoms with van der Waals surface area (Å²) < 4.78 is 10.2. The molecule has 0 spiro atoms. The molecule has 7 nitrogen and oxygen atoms in total. The smallest absolute Gasteiger partial charge is 0.265 e. The number of carbonyl (C=O) groups excluding carboxylic acids is 2. The van der Waals surface area contributed by atoms with Crippen LogP contribution in [0, 0.1) is 0 Å². The van der Waals surface area contributed by atoms with Crippen molar-refractivity contribution in [3.8, 4) is 17.0 Å². The summed E-state index contributed by atoms with van der Waals surface area (Å²) >= 11 is 1.33. The topological polar surface area (TPSA) is 80.8 Å². The van der Waals surface area contributed by atoms with Crippen molar-refractivity contribution in [1.82, 2.24) is 4.98 Å². The summed E-state index contributed by atoms with van der Waals surface area (Å²) in [5.41, 5.74) is 2.32. The number of carbonyl (C=O) groups is 2. The molecule has 8 heteroatoms. The van der Waals surface area contributed by atoms with Crippen LogP contribution in [0.15, 0.2) is 23.6 Å². The van der Waals surface area contributed by atoms with E-state index in [2.05, 4.69) is 10.3 Å². The second-order valence-electron chi connectivity index (χ2n) is 5.13. The van der Waals surface area contributed by atoms with Crippen molar-refractivity contribution >= 4 is 34.0 Å². The summed E-state index contributed by atoms with van der Waals surface area (Å²) in [6, 6.07) is 5.60. The van der Waals surface area contributed by atoms with Gasteiger partial charge in [0, 0.05) is 24.6 Å². The molecule has 0 saturated carbocycles. The zero-order chi connectivity index (χ0) is 17.1. The lowest BCUT2D eigenvalue weighted by Gasteiger charge is -2.28. The van der Waals surface area contributed by atoms with Gasteiger partial charge in [-0.05, 0) is 25.1 Å². The number of fused-ring (bicyclic) bond motifs is 1. The van der Waals surface area contributed by atoms with Gasteiger partial charge in [0.15, 0.2) is 11.7 Å². The standard InChI is InChI=1S/C16H17N3O4S/c1-3-19-12-6-10(4-5-13(12)23-8-15(19)21)11-9-24-16(17-11)18-14(20)7-22-2/h4-6,9H,3,7-8H2,1-2H3,(H,17,18,20). The van der Waals surface area contributed by atoms with Gasteiger partial charge in [-0.1, -0.05) is 0 Å². The Bertz CT molecular complexity index is 774. The first-order valence-corrected chi connectivity index (χ1v) is 8.32. The van der Waals surface area contributed by atoms with Gasteiger partial charge in [-0.15, -0.1) is 11.3 Å². The maximum atomic E-state index is 12.0. The summed E-state index contributed by atoms with van der Waals surface area (Å²) in [5, 5.41) is 5.03. The van der Waals surface area contributed by atoms with Gasteiger partial charge in [-0.25, -0.2) is 4.98 Å². The third kappa shape index (κ3) is 3.24. The van der Waals surface area contributed by atoms with Crippen molar-refractivity contribution in [3.05, 3.63) is 23.6 Å². The average molecular weight is 347 g/mol. The molecule has 1 aliphatic heterocycles. The molecule has 2 amide bonds. The third-order valence-corrected chi connectivity index (χ3v) is 4.30.